The van der Waals surface area contributed by atoms with Crippen molar-refractivity contribution in [3.05, 3.63) is 64.9 Å². The molecule has 0 aromatic heterocycles. The molecule has 2 rings (SSSR count). The number of carbonyl (C=O) groups is 1. The van der Waals surface area contributed by atoms with Gasteiger partial charge in [-0.3, -0.25) is 4.79 Å². The third kappa shape index (κ3) is 4.89. The van der Waals surface area contributed by atoms with Crippen molar-refractivity contribution in [3.8, 4) is 5.75 Å². The lowest BCUT2D eigenvalue weighted by Gasteiger charge is -2.04. The average Bonchev–Trinajstić information content (AvgIpc) is 2.49. The zero-order valence-electron chi connectivity index (χ0n) is 10.9. The van der Waals surface area contributed by atoms with E-state index < -0.39 is 5.91 Å². The number of hydrogen-bond donors (Lipinski definition) is 1. The van der Waals surface area contributed by atoms with Gasteiger partial charge in [0.1, 0.15) is 11.6 Å². The van der Waals surface area contributed by atoms with E-state index in [1.165, 1.54) is 30.5 Å². The molecule has 0 fully saturated rings. The molecule has 108 valence electrons. The van der Waals surface area contributed by atoms with Gasteiger partial charge >= 0.3 is 0 Å². The molecule has 2 aromatic rings. The number of carbonyl (C=O) groups excluding carboxylic acids is 1. The number of amides is 1. The molecule has 21 heavy (non-hydrogen) atoms. The van der Waals surface area contributed by atoms with Crippen LogP contribution in [0.25, 0.3) is 0 Å². The number of hydrazone groups is 1. The number of hydrogen-bond acceptors (Lipinski definition) is 3. The molecule has 0 heterocycles. The Morgan fingerprint density at radius 3 is 2.67 bits per heavy atom. The largest absolute Gasteiger partial charge is 0.484 e. The van der Waals surface area contributed by atoms with Crippen LogP contribution < -0.4 is 10.2 Å². The van der Waals surface area contributed by atoms with E-state index in [1.807, 2.05) is 6.07 Å². The molecule has 0 radical (unpaired) electrons. The number of benzene rings is 2. The predicted molar refractivity (Wildman–Crippen MR) is 79.1 cm³/mol. The summed E-state index contributed by atoms with van der Waals surface area (Å²) in [6, 6.07) is 12.5. The van der Waals surface area contributed by atoms with E-state index in [0.29, 0.717) is 16.3 Å². The van der Waals surface area contributed by atoms with Crippen molar-refractivity contribution in [2.24, 2.45) is 5.10 Å². The highest BCUT2D eigenvalue weighted by molar-refractivity contribution is 6.33. The molecule has 0 aliphatic carbocycles. The molecular formula is C15H12ClFN2O2. The van der Waals surface area contributed by atoms with Crippen molar-refractivity contribution < 1.29 is 13.9 Å². The van der Waals surface area contributed by atoms with Crippen LogP contribution in [0.1, 0.15) is 5.56 Å². The summed E-state index contributed by atoms with van der Waals surface area (Å²) >= 11 is 5.93. The molecule has 2 aromatic carbocycles. The van der Waals surface area contributed by atoms with Crippen molar-refractivity contribution in [2.75, 3.05) is 6.61 Å². The van der Waals surface area contributed by atoms with Crippen LogP contribution in [-0.4, -0.2) is 18.7 Å². The van der Waals surface area contributed by atoms with Gasteiger partial charge in [-0.25, -0.2) is 9.82 Å². The molecule has 1 N–H and O–H groups in total. The third-order valence-corrected chi connectivity index (χ3v) is 2.83. The monoisotopic (exact) mass is 306 g/mol. The Bertz CT molecular complexity index is 644. The number of ether oxygens (including phenoxy) is 1. The van der Waals surface area contributed by atoms with Gasteiger partial charge in [0.25, 0.3) is 5.91 Å². The third-order valence-electron chi connectivity index (χ3n) is 2.48. The van der Waals surface area contributed by atoms with E-state index in [2.05, 4.69) is 10.5 Å². The maximum atomic E-state index is 12.7. The van der Waals surface area contributed by atoms with Gasteiger partial charge in [0, 0.05) is 10.6 Å². The molecule has 0 aliphatic heterocycles. The summed E-state index contributed by atoms with van der Waals surface area (Å²) in [5.74, 6) is -0.389. The normalized spacial score (nSPS) is 10.6. The van der Waals surface area contributed by atoms with Gasteiger partial charge in [-0.05, 0) is 30.3 Å². The molecule has 0 atom stereocenters. The maximum Gasteiger partial charge on any atom is 0.277 e. The van der Waals surface area contributed by atoms with Crippen molar-refractivity contribution in [1.82, 2.24) is 5.43 Å². The number of rotatable bonds is 5. The van der Waals surface area contributed by atoms with Gasteiger partial charge in [-0.15, -0.1) is 0 Å². The summed E-state index contributed by atoms with van der Waals surface area (Å²) in [4.78, 5) is 11.5. The Morgan fingerprint density at radius 1 is 1.24 bits per heavy atom. The van der Waals surface area contributed by atoms with E-state index in [9.17, 15) is 9.18 Å². The van der Waals surface area contributed by atoms with E-state index in [4.69, 9.17) is 16.3 Å². The Kier molecular flexibility index (Phi) is 5.29. The minimum absolute atomic E-state index is 0.217. The molecule has 6 heteroatoms. The second kappa shape index (κ2) is 7.40. The minimum atomic E-state index is -0.428. The highest BCUT2D eigenvalue weighted by Gasteiger charge is 2.01. The Hall–Kier alpha value is -2.40. The summed E-state index contributed by atoms with van der Waals surface area (Å²) in [5, 5.41) is 4.32. The van der Waals surface area contributed by atoms with E-state index in [1.54, 1.807) is 18.2 Å². The lowest BCUT2D eigenvalue weighted by Crippen LogP contribution is -2.24. The fourth-order valence-corrected chi connectivity index (χ4v) is 1.65. The molecule has 0 bridgehead atoms. The summed E-state index contributed by atoms with van der Waals surface area (Å²) in [7, 11) is 0. The van der Waals surface area contributed by atoms with Crippen LogP contribution in [0, 0.1) is 5.82 Å². The molecule has 1 amide bonds. The zero-order chi connectivity index (χ0) is 15.1. The topological polar surface area (TPSA) is 50.7 Å². The van der Waals surface area contributed by atoms with Crippen LogP contribution in [0.15, 0.2) is 53.6 Å². The Morgan fingerprint density at radius 2 is 1.95 bits per heavy atom. The predicted octanol–water partition coefficient (Wildman–Crippen LogP) is 3.01. The smallest absolute Gasteiger partial charge is 0.277 e. The summed E-state index contributed by atoms with van der Waals surface area (Å²) in [6.45, 7) is -0.217. The average molecular weight is 307 g/mol. The SMILES string of the molecule is O=C(COc1ccc(F)cc1)N/N=C/c1ccccc1Cl. The number of nitrogens with zero attached hydrogens (tertiary/aromatic N) is 1. The fourth-order valence-electron chi connectivity index (χ4n) is 1.47. The first-order valence-corrected chi connectivity index (χ1v) is 6.48. The van der Waals surface area contributed by atoms with Crippen LogP contribution in [0.4, 0.5) is 4.39 Å². The Balaban J connectivity index is 1.80. The molecule has 0 unspecified atom stereocenters. The maximum absolute atomic E-state index is 12.7. The first-order chi connectivity index (χ1) is 10.1. The standard InChI is InChI=1S/C15H12ClFN2O2/c16-14-4-2-1-3-11(14)9-18-19-15(20)10-21-13-7-5-12(17)6-8-13/h1-9H,10H2,(H,19,20)/b18-9+. The van der Waals surface area contributed by atoms with E-state index in [0.717, 1.165) is 0 Å². The van der Waals surface area contributed by atoms with Gasteiger partial charge < -0.3 is 4.74 Å². The van der Waals surface area contributed by atoms with Gasteiger partial charge in [-0.1, -0.05) is 29.8 Å². The summed E-state index contributed by atoms with van der Waals surface area (Å²) in [5.41, 5.74) is 3.01. The van der Waals surface area contributed by atoms with Crippen LogP contribution >= 0.6 is 11.6 Å². The summed E-state index contributed by atoms with van der Waals surface area (Å²) in [6.07, 6.45) is 1.44. The van der Waals surface area contributed by atoms with Crippen LogP contribution in [0.5, 0.6) is 5.75 Å². The van der Waals surface area contributed by atoms with Crippen molar-refractivity contribution in [2.45, 2.75) is 0 Å². The van der Waals surface area contributed by atoms with Gasteiger partial charge in [0.05, 0.1) is 6.21 Å². The second-order valence-corrected chi connectivity index (χ2v) is 4.46. The number of halogens is 2. The van der Waals surface area contributed by atoms with E-state index in [-0.39, 0.29) is 12.4 Å². The van der Waals surface area contributed by atoms with Crippen molar-refractivity contribution in [3.63, 3.8) is 0 Å². The molecule has 0 aliphatic rings. The van der Waals surface area contributed by atoms with Gasteiger partial charge in [0.15, 0.2) is 6.61 Å². The fraction of sp³-hybridized carbons (Fsp3) is 0.0667. The lowest BCUT2D eigenvalue weighted by atomic mass is 10.2. The molecular weight excluding hydrogens is 295 g/mol. The lowest BCUT2D eigenvalue weighted by molar-refractivity contribution is -0.123. The number of nitrogens with one attached hydrogen (secondary N) is 1. The van der Waals surface area contributed by atoms with Crippen LogP contribution in [-0.2, 0) is 4.79 Å². The van der Waals surface area contributed by atoms with Crippen molar-refractivity contribution in [1.29, 1.82) is 0 Å². The van der Waals surface area contributed by atoms with Gasteiger partial charge in [0.2, 0.25) is 0 Å². The molecule has 4 nitrogen and oxygen atoms in total. The van der Waals surface area contributed by atoms with Gasteiger partial charge in [-0.2, -0.15) is 5.10 Å². The highest BCUT2D eigenvalue weighted by Crippen LogP contribution is 2.12. The summed E-state index contributed by atoms with van der Waals surface area (Å²) < 4.78 is 17.9. The quantitative estimate of drug-likeness (QED) is 0.682. The first kappa shape index (κ1) is 15.0. The molecule has 0 saturated heterocycles. The molecule has 0 spiro atoms. The highest BCUT2D eigenvalue weighted by atomic mass is 35.5. The minimum Gasteiger partial charge on any atom is -0.484 e. The van der Waals surface area contributed by atoms with E-state index >= 15 is 0 Å². The molecule has 0 saturated carbocycles. The first-order valence-electron chi connectivity index (χ1n) is 6.10. The van der Waals surface area contributed by atoms with Crippen LogP contribution in [0.2, 0.25) is 5.02 Å². The van der Waals surface area contributed by atoms with Crippen molar-refractivity contribution >= 4 is 23.7 Å². The van der Waals surface area contributed by atoms with Crippen LogP contribution in [0.3, 0.4) is 0 Å². The Labute approximate surface area is 126 Å². The zero-order valence-corrected chi connectivity index (χ0v) is 11.7. The second-order valence-electron chi connectivity index (χ2n) is 4.06.